The number of benzene rings is 2. The molecular weight excluding hydrogens is 508 g/mol. The van der Waals surface area contributed by atoms with E-state index in [2.05, 4.69) is 0 Å². The first-order valence-corrected chi connectivity index (χ1v) is 14.2. The van der Waals surface area contributed by atoms with Crippen LogP contribution in [0.1, 0.15) is 72.1 Å². The predicted octanol–water partition coefficient (Wildman–Crippen LogP) is 3.51. The van der Waals surface area contributed by atoms with Crippen molar-refractivity contribution in [2.45, 2.75) is 62.6 Å². The molecule has 0 radical (unpaired) electrons. The number of likely N-dealkylation sites (N-methyl/N-ethyl adjacent to an activating group) is 2. The van der Waals surface area contributed by atoms with Gasteiger partial charge in [-0.15, -0.1) is 0 Å². The summed E-state index contributed by atoms with van der Waals surface area (Å²) < 4.78 is 0. The molecule has 0 spiro atoms. The van der Waals surface area contributed by atoms with Crippen molar-refractivity contribution >= 4 is 23.4 Å². The third kappa shape index (κ3) is 5.88. The van der Waals surface area contributed by atoms with Crippen LogP contribution < -0.4 is 0 Å². The second-order valence-corrected chi connectivity index (χ2v) is 11.4. The topological polar surface area (TPSA) is 115 Å². The number of ketones is 2. The number of aliphatic hydroxyl groups is 2. The number of nitrogens with zero attached hydrogens (tertiary/aromatic N) is 2. The summed E-state index contributed by atoms with van der Waals surface area (Å²) in [4.78, 5) is 56.5. The van der Waals surface area contributed by atoms with Gasteiger partial charge in [0.05, 0.1) is 11.8 Å². The fourth-order valence-electron chi connectivity index (χ4n) is 6.24. The zero-order valence-electron chi connectivity index (χ0n) is 23.4. The van der Waals surface area contributed by atoms with Crippen LogP contribution in [0.15, 0.2) is 60.7 Å². The molecule has 0 aliphatic heterocycles. The van der Waals surface area contributed by atoms with E-state index in [1.165, 1.54) is 9.80 Å². The Balaban J connectivity index is 1.42. The summed E-state index contributed by atoms with van der Waals surface area (Å²) in [6.45, 7) is 0.371. The van der Waals surface area contributed by atoms with Crippen LogP contribution in [-0.4, -0.2) is 81.8 Å². The van der Waals surface area contributed by atoms with Gasteiger partial charge in [-0.3, -0.25) is 19.2 Å². The lowest BCUT2D eigenvalue weighted by molar-refractivity contribution is -0.148. The Morgan fingerprint density at radius 1 is 0.650 bits per heavy atom. The van der Waals surface area contributed by atoms with Gasteiger partial charge in [0, 0.05) is 38.3 Å². The van der Waals surface area contributed by atoms with E-state index >= 15 is 0 Å². The van der Waals surface area contributed by atoms with E-state index in [1.54, 1.807) is 74.8 Å². The highest BCUT2D eigenvalue weighted by Gasteiger charge is 2.51. The first kappa shape index (κ1) is 29.6. The van der Waals surface area contributed by atoms with Gasteiger partial charge in [0.15, 0.2) is 11.6 Å². The average Bonchev–Trinajstić information content (AvgIpc) is 2.99. The van der Waals surface area contributed by atoms with E-state index in [4.69, 9.17) is 0 Å². The summed E-state index contributed by atoms with van der Waals surface area (Å²) in [6.07, 6.45) is 4.05. The van der Waals surface area contributed by atoms with Gasteiger partial charge >= 0.3 is 0 Å². The van der Waals surface area contributed by atoms with Crippen molar-refractivity contribution in [3.8, 4) is 0 Å². The second-order valence-electron chi connectivity index (χ2n) is 11.4. The van der Waals surface area contributed by atoms with Crippen molar-refractivity contribution in [1.82, 2.24) is 9.80 Å². The fraction of sp³-hybridized carbons (Fsp3) is 0.500. The first-order chi connectivity index (χ1) is 19.1. The zero-order valence-corrected chi connectivity index (χ0v) is 23.4. The lowest BCUT2D eigenvalue weighted by Crippen LogP contribution is -2.56. The number of carbonyl (C=O) groups is 4. The Morgan fingerprint density at radius 3 is 1.35 bits per heavy atom. The van der Waals surface area contributed by atoms with Gasteiger partial charge < -0.3 is 20.0 Å². The molecule has 214 valence electrons. The molecule has 40 heavy (non-hydrogen) atoms. The normalized spacial score (nSPS) is 26.5. The molecule has 4 unspecified atom stereocenters. The molecule has 8 heteroatoms. The third-order valence-electron chi connectivity index (χ3n) is 8.73. The Bertz CT molecular complexity index is 1120. The summed E-state index contributed by atoms with van der Waals surface area (Å²) in [7, 11) is 3.22. The highest BCUT2D eigenvalue weighted by Crippen LogP contribution is 2.39. The number of rotatable bonds is 9. The molecule has 0 saturated heterocycles. The predicted molar refractivity (Wildman–Crippen MR) is 151 cm³/mol. The Labute approximate surface area is 236 Å². The first-order valence-electron chi connectivity index (χ1n) is 14.2. The lowest BCUT2D eigenvalue weighted by atomic mass is 9.70. The lowest BCUT2D eigenvalue weighted by Gasteiger charge is -2.40. The van der Waals surface area contributed by atoms with Gasteiger partial charge in [0.2, 0.25) is 11.8 Å². The van der Waals surface area contributed by atoms with E-state index in [1.807, 2.05) is 0 Å². The maximum Gasteiger partial charge on any atom is 0.228 e. The standard InChI is InChI=1S/C32H40N2O6/c1-33(29(37)25-17-9-11-19-31(25,39)27(35)23-13-5-3-6-14-23)21-22-34(2)30(38)26-18-10-12-20-32(26,40)28(36)24-15-7-4-8-16-24/h3-8,13-16,25-26,39-40H,9-12,17-22H2,1-2H3. The Kier molecular flexibility index (Phi) is 9.21. The fourth-order valence-corrected chi connectivity index (χ4v) is 6.24. The molecule has 2 aliphatic rings. The molecule has 4 rings (SSSR count). The highest BCUT2D eigenvalue weighted by atomic mass is 16.3. The van der Waals surface area contributed by atoms with E-state index in [9.17, 15) is 29.4 Å². The van der Waals surface area contributed by atoms with Crippen molar-refractivity contribution in [3.05, 3.63) is 71.8 Å². The second kappa shape index (κ2) is 12.4. The molecule has 2 aliphatic carbocycles. The molecular formula is C32H40N2O6. The summed E-state index contributed by atoms with van der Waals surface area (Å²) in [6, 6.07) is 17.1. The molecule has 0 heterocycles. The van der Waals surface area contributed by atoms with Crippen molar-refractivity contribution < 1.29 is 29.4 Å². The summed E-state index contributed by atoms with van der Waals surface area (Å²) >= 11 is 0. The molecule has 8 nitrogen and oxygen atoms in total. The minimum Gasteiger partial charge on any atom is -0.381 e. The number of hydrogen-bond acceptors (Lipinski definition) is 6. The molecule has 4 atom stereocenters. The van der Waals surface area contributed by atoms with Crippen LogP contribution >= 0.6 is 0 Å². The molecule has 2 saturated carbocycles. The number of hydrogen-bond donors (Lipinski definition) is 2. The number of amides is 2. The van der Waals surface area contributed by atoms with Crippen molar-refractivity contribution in [2.24, 2.45) is 11.8 Å². The van der Waals surface area contributed by atoms with Gasteiger partial charge in [-0.05, 0) is 25.7 Å². The SMILES string of the molecule is CN(CCN(C)C(=O)C1CCCCC1(O)C(=O)c1ccccc1)C(=O)C1CCCCC1(O)C(=O)c1ccccc1. The van der Waals surface area contributed by atoms with Crippen molar-refractivity contribution in [2.75, 3.05) is 27.2 Å². The van der Waals surface area contributed by atoms with E-state index in [0.29, 0.717) is 36.8 Å². The van der Waals surface area contributed by atoms with Crippen LogP contribution in [0, 0.1) is 11.8 Å². The molecule has 0 bridgehead atoms. The smallest absolute Gasteiger partial charge is 0.228 e. The highest BCUT2D eigenvalue weighted by molar-refractivity contribution is 6.06. The summed E-state index contributed by atoms with van der Waals surface area (Å²) in [5.74, 6) is -3.28. The quantitative estimate of drug-likeness (QED) is 0.464. The number of carbonyl (C=O) groups excluding carboxylic acids is 4. The van der Waals surface area contributed by atoms with Crippen molar-refractivity contribution in [3.63, 3.8) is 0 Å². The Hall–Kier alpha value is -3.36. The maximum absolute atomic E-state index is 13.5. The number of Topliss-reactive ketones (excluding diaryl/α,β-unsaturated/α-hetero) is 2. The third-order valence-corrected chi connectivity index (χ3v) is 8.73. The molecule has 2 fully saturated rings. The van der Waals surface area contributed by atoms with E-state index in [-0.39, 0.29) is 37.7 Å². The van der Waals surface area contributed by atoms with Gasteiger partial charge in [-0.25, -0.2) is 0 Å². The van der Waals surface area contributed by atoms with E-state index < -0.39 is 34.6 Å². The summed E-state index contributed by atoms with van der Waals surface area (Å²) in [5.41, 5.74) is -2.79. The van der Waals surface area contributed by atoms with Crippen LogP contribution in [0.3, 0.4) is 0 Å². The zero-order chi connectivity index (χ0) is 28.9. The molecule has 2 aromatic carbocycles. The van der Waals surface area contributed by atoms with Gasteiger partial charge in [-0.2, -0.15) is 0 Å². The van der Waals surface area contributed by atoms with Gasteiger partial charge in [-0.1, -0.05) is 86.3 Å². The van der Waals surface area contributed by atoms with Gasteiger partial charge in [0.25, 0.3) is 0 Å². The molecule has 2 aromatic rings. The summed E-state index contributed by atoms with van der Waals surface area (Å²) in [5, 5.41) is 23.0. The minimum absolute atomic E-state index is 0.185. The van der Waals surface area contributed by atoms with E-state index in [0.717, 1.165) is 12.8 Å². The van der Waals surface area contributed by atoms with Crippen LogP contribution in [0.25, 0.3) is 0 Å². The van der Waals surface area contributed by atoms with Crippen LogP contribution in [0.2, 0.25) is 0 Å². The van der Waals surface area contributed by atoms with Gasteiger partial charge in [0.1, 0.15) is 11.2 Å². The average molecular weight is 549 g/mol. The minimum atomic E-state index is -1.77. The van der Waals surface area contributed by atoms with Crippen LogP contribution in [0.4, 0.5) is 0 Å². The monoisotopic (exact) mass is 548 g/mol. The Morgan fingerprint density at radius 2 is 1.00 bits per heavy atom. The molecule has 2 amide bonds. The largest absolute Gasteiger partial charge is 0.381 e. The van der Waals surface area contributed by atoms with Crippen molar-refractivity contribution in [1.29, 1.82) is 0 Å². The van der Waals surface area contributed by atoms with Crippen LogP contribution in [-0.2, 0) is 9.59 Å². The molecule has 0 aromatic heterocycles. The van der Waals surface area contributed by atoms with Crippen LogP contribution in [0.5, 0.6) is 0 Å². The molecule has 2 N–H and O–H groups in total. The maximum atomic E-state index is 13.5.